The number of aliphatic hydroxyl groups is 1. The highest BCUT2D eigenvalue weighted by Gasteiger charge is 2.30. The molecule has 0 radical (unpaired) electrons. The van der Waals surface area contributed by atoms with E-state index in [1.54, 1.807) is 0 Å². The fraction of sp³-hybridized carbons (Fsp3) is 0.562. The summed E-state index contributed by atoms with van der Waals surface area (Å²) in [4.78, 5) is 38.6. The van der Waals surface area contributed by atoms with Crippen LogP contribution in [0.2, 0.25) is 0 Å². The van der Waals surface area contributed by atoms with Gasteiger partial charge < -0.3 is 26.4 Å². The van der Waals surface area contributed by atoms with E-state index in [0.717, 1.165) is 73.3 Å². The number of benzene rings is 1. The molecule has 2 aromatic heterocycles. The zero-order chi connectivity index (χ0) is 29.9. The van der Waals surface area contributed by atoms with Gasteiger partial charge in [-0.15, -0.1) is 0 Å². The molecule has 2 atom stereocenters. The minimum Gasteiger partial charge on any atom is -0.393 e. The van der Waals surface area contributed by atoms with Crippen molar-refractivity contribution in [3.05, 3.63) is 52.2 Å². The zero-order valence-corrected chi connectivity index (χ0v) is 25.8. The van der Waals surface area contributed by atoms with Crippen LogP contribution < -0.4 is 16.4 Å². The molecule has 2 amide bonds. The van der Waals surface area contributed by atoms with Crippen molar-refractivity contribution in [1.82, 2.24) is 20.2 Å². The zero-order valence-electron chi connectivity index (χ0n) is 25.0. The van der Waals surface area contributed by atoms with E-state index in [1.807, 2.05) is 24.3 Å². The lowest BCUT2D eigenvalue weighted by Crippen LogP contribution is -2.38. The second-order valence-corrected chi connectivity index (χ2v) is 13.8. The molecule has 1 saturated heterocycles. The van der Waals surface area contributed by atoms with Crippen LogP contribution in [0.1, 0.15) is 85.5 Å². The molecular weight excluding hydrogens is 548 g/mol. The topological polar surface area (TPSA) is 133 Å². The number of likely N-dealkylation sites (tertiary alicyclic amines) is 1. The van der Waals surface area contributed by atoms with Crippen LogP contribution >= 0.6 is 11.3 Å². The van der Waals surface area contributed by atoms with Crippen molar-refractivity contribution < 1.29 is 14.7 Å². The first-order chi connectivity index (χ1) is 20.1. The maximum absolute atomic E-state index is 13.6. The number of piperidine rings is 1. The van der Waals surface area contributed by atoms with Gasteiger partial charge in [0.15, 0.2) is 5.01 Å². The lowest BCUT2D eigenvalue weighted by atomic mass is 9.71. The molecule has 1 aliphatic carbocycles. The van der Waals surface area contributed by atoms with Crippen molar-refractivity contribution >= 4 is 39.2 Å². The molecule has 3 heterocycles. The summed E-state index contributed by atoms with van der Waals surface area (Å²) >= 11 is 1.34. The van der Waals surface area contributed by atoms with E-state index in [-0.39, 0.29) is 42.3 Å². The number of carbonyl (C=O) groups is 2. The molecule has 0 bridgehead atoms. The highest BCUT2D eigenvalue weighted by atomic mass is 32.1. The largest absolute Gasteiger partial charge is 0.393 e. The number of amides is 2. The highest BCUT2D eigenvalue weighted by molar-refractivity contribution is 7.19. The Labute approximate surface area is 252 Å². The van der Waals surface area contributed by atoms with Crippen LogP contribution in [0, 0.1) is 11.3 Å². The van der Waals surface area contributed by atoms with Gasteiger partial charge in [-0.05, 0) is 79.2 Å². The number of aromatic nitrogens is 2. The van der Waals surface area contributed by atoms with Crippen molar-refractivity contribution in [2.24, 2.45) is 17.1 Å². The smallest absolute Gasteiger partial charge is 0.280 e. The number of rotatable bonds is 9. The fourth-order valence-electron chi connectivity index (χ4n) is 6.03. The number of thiazole rings is 1. The summed E-state index contributed by atoms with van der Waals surface area (Å²) in [5.74, 6) is 0.242. The van der Waals surface area contributed by atoms with Crippen molar-refractivity contribution in [2.45, 2.75) is 77.9 Å². The van der Waals surface area contributed by atoms with Crippen LogP contribution in [0.15, 0.2) is 30.3 Å². The van der Waals surface area contributed by atoms with E-state index >= 15 is 0 Å². The van der Waals surface area contributed by atoms with Crippen LogP contribution in [0.5, 0.6) is 0 Å². The average molecular weight is 593 g/mol. The number of anilines is 1. The number of aryl methyl sites for hydroxylation is 1. The normalized spacial score (nSPS) is 18.9. The first-order valence-corrected chi connectivity index (χ1v) is 16.0. The Bertz CT molecular complexity index is 1410. The summed E-state index contributed by atoms with van der Waals surface area (Å²) in [5.41, 5.74) is 10.5. The molecule has 5 rings (SSSR count). The van der Waals surface area contributed by atoms with Gasteiger partial charge in [-0.25, -0.2) is 9.97 Å². The van der Waals surface area contributed by atoms with Crippen molar-refractivity contribution in [1.29, 1.82) is 0 Å². The van der Waals surface area contributed by atoms with E-state index in [4.69, 9.17) is 15.7 Å². The summed E-state index contributed by atoms with van der Waals surface area (Å²) in [6.07, 6.45) is 5.31. The van der Waals surface area contributed by atoms with Crippen LogP contribution in [0.25, 0.3) is 10.3 Å². The molecule has 0 saturated carbocycles. The molecule has 226 valence electrons. The summed E-state index contributed by atoms with van der Waals surface area (Å²) in [7, 11) is 0. The number of fused-ring (bicyclic) bond motifs is 2. The molecule has 5 N–H and O–H groups in total. The molecule has 3 aromatic rings. The Morgan fingerprint density at radius 1 is 1.17 bits per heavy atom. The van der Waals surface area contributed by atoms with Crippen molar-refractivity contribution in [2.75, 3.05) is 31.5 Å². The number of nitrogens with two attached hydrogens (primary N) is 1. The number of nitrogens with one attached hydrogen (secondary N) is 2. The lowest BCUT2D eigenvalue weighted by molar-refractivity contribution is -0.116. The number of aliphatic hydroxyl groups excluding tert-OH is 1. The number of hydrogen-bond acceptors (Lipinski definition) is 8. The quantitative estimate of drug-likeness (QED) is 0.289. The van der Waals surface area contributed by atoms with Gasteiger partial charge in [0.2, 0.25) is 5.91 Å². The minimum absolute atomic E-state index is 0.138. The Morgan fingerprint density at radius 2 is 1.95 bits per heavy atom. The molecule has 1 fully saturated rings. The van der Waals surface area contributed by atoms with Crippen molar-refractivity contribution in [3.8, 4) is 0 Å². The first-order valence-electron chi connectivity index (χ1n) is 15.2. The highest BCUT2D eigenvalue weighted by Crippen LogP contribution is 2.38. The van der Waals surface area contributed by atoms with Crippen LogP contribution in [0.4, 0.5) is 5.69 Å². The SMILES string of the molecule is CC(C)(C)[C@H]1CCc2nc3sc(C(=O)N[C@H](CCN4CCC(O)CC4)c4cccc(NC(=O)CCN)c4)nc3cc2C1. The average Bonchev–Trinajstić information content (AvgIpc) is 3.37. The number of carbonyl (C=O) groups excluding carboxylic acids is 2. The van der Waals surface area contributed by atoms with E-state index < -0.39 is 0 Å². The molecule has 1 aliphatic heterocycles. The maximum atomic E-state index is 13.6. The molecule has 42 heavy (non-hydrogen) atoms. The second kappa shape index (κ2) is 13.2. The predicted molar refractivity (Wildman–Crippen MR) is 168 cm³/mol. The summed E-state index contributed by atoms with van der Waals surface area (Å²) < 4.78 is 0. The molecule has 0 spiro atoms. The van der Waals surface area contributed by atoms with Gasteiger partial charge in [0.05, 0.1) is 12.1 Å². The minimum atomic E-state index is -0.281. The van der Waals surface area contributed by atoms with Gasteiger partial charge >= 0.3 is 0 Å². The maximum Gasteiger partial charge on any atom is 0.280 e. The monoisotopic (exact) mass is 592 g/mol. The van der Waals surface area contributed by atoms with Gasteiger partial charge in [-0.3, -0.25) is 9.59 Å². The Morgan fingerprint density at radius 3 is 2.69 bits per heavy atom. The molecule has 9 nitrogen and oxygen atoms in total. The second-order valence-electron chi connectivity index (χ2n) is 12.8. The molecular formula is C32H44N6O3S. The molecule has 1 aromatic carbocycles. The summed E-state index contributed by atoms with van der Waals surface area (Å²) in [5, 5.41) is 16.5. The Kier molecular flexibility index (Phi) is 9.57. The number of hydrogen-bond donors (Lipinski definition) is 4. The predicted octanol–water partition coefficient (Wildman–Crippen LogP) is 4.45. The third-order valence-corrected chi connectivity index (χ3v) is 9.67. The van der Waals surface area contributed by atoms with E-state index in [9.17, 15) is 14.7 Å². The number of pyridine rings is 1. The number of nitrogens with zero attached hydrogens (tertiary/aromatic N) is 3. The van der Waals surface area contributed by atoms with Gasteiger partial charge in [0.25, 0.3) is 5.91 Å². The van der Waals surface area contributed by atoms with E-state index in [1.165, 1.54) is 16.9 Å². The lowest BCUT2D eigenvalue weighted by Gasteiger charge is -2.34. The standard InChI is InChI=1S/C32H44N6O3S/c1-32(2,3)22-7-8-25-21(17-22)19-27-30(36-25)42-31(37-27)29(41)35-26(12-16-38-14-10-24(39)11-15-38)20-5-4-6-23(18-20)34-28(40)9-13-33/h4-6,18-19,22,24,26,39H,7-17,33H2,1-3H3,(H,34,40)(H,35,41)/t22-,26+/m0/s1. The van der Waals surface area contributed by atoms with Gasteiger partial charge in [0.1, 0.15) is 10.3 Å². The van der Waals surface area contributed by atoms with Crippen LogP contribution in [-0.4, -0.2) is 64.1 Å². The van der Waals surface area contributed by atoms with Crippen LogP contribution in [-0.2, 0) is 17.6 Å². The summed E-state index contributed by atoms with van der Waals surface area (Å²) in [6, 6.07) is 9.48. The third kappa shape index (κ3) is 7.53. The first kappa shape index (κ1) is 30.5. The summed E-state index contributed by atoms with van der Waals surface area (Å²) in [6.45, 7) is 9.64. The van der Waals surface area contributed by atoms with Crippen molar-refractivity contribution in [3.63, 3.8) is 0 Å². The third-order valence-electron chi connectivity index (χ3n) is 8.71. The van der Waals surface area contributed by atoms with E-state index in [2.05, 4.69) is 42.4 Å². The van der Waals surface area contributed by atoms with Crippen LogP contribution in [0.3, 0.4) is 0 Å². The van der Waals surface area contributed by atoms with Gasteiger partial charge in [-0.1, -0.05) is 44.2 Å². The molecule has 10 heteroatoms. The Hall–Kier alpha value is -2.92. The molecule has 2 aliphatic rings. The van der Waals surface area contributed by atoms with Gasteiger partial charge in [0, 0.05) is 44.0 Å². The van der Waals surface area contributed by atoms with Gasteiger partial charge in [-0.2, -0.15) is 0 Å². The molecule has 0 unspecified atom stereocenters. The Balaban J connectivity index is 1.35. The van der Waals surface area contributed by atoms with E-state index in [0.29, 0.717) is 23.0 Å². The fourth-order valence-corrected chi connectivity index (χ4v) is 6.88.